The average molecular weight is 923 g/mol. The van der Waals surface area contributed by atoms with Crippen molar-refractivity contribution in [3.8, 4) is 61.3 Å². The van der Waals surface area contributed by atoms with Crippen molar-refractivity contribution in [3.05, 3.63) is 254 Å². The molecule has 0 unspecified atom stereocenters. The Labute approximate surface area is 422 Å². The first-order valence-electron chi connectivity index (χ1n) is 26.2. The van der Waals surface area contributed by atoms with Crippen LogP contribution in [0.2, 0.25) is 0 Å². The van der Waals surface area contributed by atoms with Gasteiger partial charge in [-0.15, -0.1) is 0 Å². The maximum atomic E-state index is 2.56. The van der Waals surface area contributed by atoms with Crippen LogP contribution in [0.1, 0.15) is 43.2 Å². The Bertz CT molecular complexity index is 3830. The Morgan fingerprint density at radius 1 is 0.319 bits per heavy atom. The molecule has 4 bridgehead atoms. The minimum absolute atomic E-state index is 0.183. The van der Waals surface area contributed by atoms with Gasteiger partial charge in [0.15, 0.2) is 0 Å². The number of aromatic nitrogens is 1. The summed E-state index contributed by atoms with van der Waals surface area (Å²) in [6, 6.07) is 90.5. The van der Waals surface area contributed by atoms with E-state index in [1.807, 2.05) is 0 Å². The molecule has 2 heteroatoms. The Morgan fingerprint density at radius 2 is 0.819 bits per heavy atom. The number of para-hydroxylation sites is 2. The van der Waals surface area contributed by atoms with Crippen molar-refractivity contribution in [1.82, 2.24) is 4.57 Å². The van der Waals surface area contributed by atoms with Crippen LogP contribution in [-0.2, 0) is 5.41 Å². The second kappa shape index (κ2) is 16.4. The van der Waals surface area contributed by atoms with Crippen LogP contribution in [-0.4, -0.2) is 4.57 Å². The zero-order chi connectivity index (χ0) is 47.3. The van der Waals surface area contributed by atoms with E-state index in [9.17, 15) is 0 Å². The Morgan fingerprint density at radius 3 is 1.53 bits per heavy atom. The van der Waals surface area contributed by atoms with Crippen LogP contribution in [0.5, 0.6) is 0 Å². The molecular formula is C70H54N2. The van der Waals surface area contributed by atoms with Crippen LogP contribution in [0.25, 0.3) is 83.1 Å². The monoisotopic (exact) mass is 922 g/mol. The zero-order valence-electron chi connectivity index (χ0n) is 40.3. The molecule has 344 valence electrons. The largest absolute Gasteiger partial charge is 0.310 e. The van der Waals surface area contributed by atoms with Gasteiger partial charge in [0, 0.05) is 38.9 Å². The Hall–Kier alpha value is -8.20. The molecule has 1 heterocycles. The standard InChI is InChI=1S/C70H54N2/c1-3-14-48(15-4-1)49-26-31-57(32-27-49)71(59-35-36-64-63-23-10-12-25-68(63)72(69(64)45-59)56-18-5-2-6-19-56)58-33-28-50(29-34-58)51-16-13-17-52(43-51)60-20-7-8-21-61(60)53-30-37-67-65(44-53)62-22-9-11-24-66(62)70(67)54-39-46-38-47(41-54)42-55(70)40-46/h1-37,43-47,54-55H,38-42H2. The van der Waals surface area contributed by atoms with Crippen molar-refractivity contribution in [2.45, 2.75) is 37.5 Å². The number of anilines is 3. The van der Waals surface area contributed by atoms with Gasteiger partial charge in [0.05, 0.1) is 11.0 Å². The third-order valence-corrected chi connectivity index (χ3v) is 17.6. The summed E-state index contributed by atoms with van der Waals surface area (Å²) in [5.41, 5.74) is 23.1. The molecule has 1 spiro atoms. The van der Waals surface area contributed by atoms with Crippen LogP contribution < -0.4 is 4.90 Å². The lowest BCUT2D eigenvalue weighted by Gasteiger charge is -2.61. The van der Waals surface area contributed by atoms with Gasteiger partial charge >= 0.3 is 0 Å². The summed E-state index contributed by atoms with van der Waals surface area (Å²) in [7, 11) is 0. The van der Waals surface area contributed by atoms with E-state index < -0.39 is 0 Å². The minimum Gasteiger partial charge on any atom is -0.310 e. The van der Waals surface area contributed by atoms with Crippen LogP contribution in [0.3, 0.4) is 0 Å². The molecule has 5 aliphatic carbocycles. The molecule has 0 N–H and O–H groups in total. The summed E-state index contributed by atoms with van der Waals surface area (Å²) < 4.78 is 2.40. The van der Waals surface area contributed by atoms with Crippen molar-refractivity contribution in [3.63, 3.8) is 0 Å². The van der Waals surface area contributed by atoms with E-state index in [1.165, 1.54) is 110 Å². The van der Waals surface area contributed by atoms with Crippen LogP contribution in [0, 0.1) is 23.7 Å². The molecule has 16 rings (SSSR count). The minimum atomic E-state index is 0.183. The van der Waals surface area contributed by atoms with E-state index in [-0.39, 0.29) is 5.41 Å². The molecule has 0 amide bonds. The van der Waals surface area contributed by atoms with Crippen molar-refractivity contribution in [2.24, 2.45) is 23.7 Å². The SMILES string of the molecule is c1ccc(-c2ccc(N(c3ccc(-c4cccc(-c5ccccc5-c5ccc6c(c5)-c5ccccc5C65C6CC7CC(C6)CC5C7)c4)cc3)c3ccc4c5ccccc5n(-c5ccccc5)c4c3)cc2)cc1. The topological polar surface area (TPSA) is 8.17 Å². The number of rotatable bonds is 8. The lowest BCUT2D eigenvalue weighted by Crippen LogP contribution is -2.55. The molecule has 2 nitrogen and oxygen atoms in total. The van der Waals surface area contributed by atoms with Gasteiger partial charge < -0.3 is 9.47 Å². The summed E-state index contributed by atoms with van der Waals surface area (Å²) in [6.45, 7) is 0. The number of fused-ring (bicyclic) bond motifs is 6. The summed E-state index contributed by atoms with van der Waals surface area (Å²) >= 11 is 0. The van der Waals surface area contributed by atoms with Crippen LogP contribution >= 0.6 is 0 Å². The maximum Gasteiger partial charge on any atom is 0.0561 e. The van der Waals surface area contributed by atoms with Crippen molar-refractivity contribution in [1.29, 1.82) is 0 Å². The first-order chi connectivity index (χ1) is 35.7. The highest BCUT2D eigenvalue weighted by Gasteiger charge is 2.61. The molecule has 0 saturated heterocycles. The van der Waals surface area contributed by atoms with Gasteiger partial charge in [-0.2, -0.15) is 0 Å². The first kappa shape index (κ1) is 41.6. The zero-order valence-corrected chi connectivity index (χ0v) is 40.3. The molecule has 10 aromatic carbocycles. The molecule has 5 aliphatic rings. The van der Waals surface area contributed by atoms with E-state index in [4.69, 9.17) is 0 Å². The fraction of sp³-hybridized carbons (Fsp3) is 0.143. The molecule has 0 radical (unpaired) electrons. The summed E-state index contributed by atoms with van der Waals surface area (Å²) in [4.78, 5) is 2.40. The number of nitrogens with zero attached hydrogens (tertiary/aromatic N) is 2. The van der Waals surface area contributed by atoms with E-state index in [0.29, 0.717) is 0 Å². The molecule has 0 aliphatic heterocycles. The number of hydrogen-bond donors (Lipinski definition) is 0. The predicted molar refractivity (Wildman–Crippen MR) is 300 cm³/mol. The van der Waals surface area contributed by atoms with E-state index >= 15 is 0 Å². The smallest absolute Gasteiger partial charge is 0.0561 e. The van der Waals surface area contributed by atoms with Gasteiger partial charge in [0.25, 0.3) is 0 Å². The quantitative estimate of drug-likeness (QED) is 0.147. The molecule has 11 aromatic rings. The van der Waals surface area contributed by atoms with E-state index in [0.717, 1.165) is 46.4 Å². The molecule has 1 aromatic heterocycles. The highest BCUT2D eigenvalue weighted by molar-refractivity contribution is 6.10. The van der Waals surface area contributed by atoms with Gasteiger partial charge in [0.1, 0.15) is 0 Å². The summed E-state index contributed by atoms with van der Waals surface area (Å²) in [5.74, 6) is 3.41. The highest BCUT2D eigenvalue weighted by Crippen LogP contribution is 2.69. The summed E-state index contributed by atoms with van der Waals surface area (Å²) in [6.07, 6.45) is 7.10. The molecule has 4 saturated carbocycles. The fourth-order valence-electron chi connectivity index (χ4n) is 14.8. The third kappa shape index (κ3) is 6.41. The van der Waals surface area contributed by atoms with Gasteiger partial charge in [-0.1, -0.05) is 176 Å². The highest BCUT2D eigenvalue weighted by atomic mass is 15.1. The maximum absolute atomic E-state index is 2.56. The molecule has 72 heavy (non-hydrogen) atoms. The number of benzene rings is 10. The van der Waals surface area contributed by atoms with Gasteiger partial charge in [-0.05, 0) is 189 Å². The second-order valence-electron chi connectivity index (χ2n) is 21.3. The van der Waals surface area contributed by atoms with Crippen molar-refractivity contribution >= 4 is 38.9 Å². The van der Waals surface area contributed by atoms with Gasteiger partial charge in [0.2, 0.25) is 0 Å². The normalized spacial score (nSPS) is 20.3. The summed E-state index contributed by atoms with van der Waals surface area (Å²) in [5, 5.41) is 2.49. The predicted octanol–water partition coefficient (Wildman–Crippen LogP) is 18.6. The Balaban J connectivity index is 0.797. The van der Waals surface area contributed by atoms with Gasteiger partial charge in [-0.3, -0.25) is 0 Å². The number of hydrogen-bond acceptors (Lipinski definition) is 1. The lowest BCUT2D eigenvalue weighted by atomic mass is 9.43. The van der Waals surface area contributed by atoms with Crippen LogP contribution in [0.4, 0.5) is 17.1 Å². The average Bonchev–Trinajstić information content (AvgIpc) is 3.93. The fourth-order valence-corrected chi connectivity index (χ4v) is 14.8. The third-order valence-electron chi connectivity index (χ3n) is 17.6. The van der Waals surface area contributed by atoms with Gasteiger partial charge in [-0.25, -0.2) is 0 Å². The van der Waals surface area contributed by atoms with Crippen LogP contribution in [0.15, 0.2) is 243 Å². The van der Waals surface area contributed by atoms with E-state index in [2.05, 4.69) is 252 Å². The molecular weight excluding hydrogens is 869 g/mol. The van der Waals surface area contributed by atoms with Crippen molar-refractivity contribution in [2.75, 3.05) is 4.90 Å². The second-order valence-corrected chi connectivity index (χ2v) is 21.3. The first-order valence-corrected chi connectivity index (χ1v) is 26.2. The molecule has 0 atom stereocenters. The Kier molecular flexibility index (Phi) is 9.49. The lowest BCUT2D eigenvalue weighted by molar-refractivity contribution is -0.0399. The molecule has 4 fully saturated rings. The van der Waals surface area contributed by atoms with Crippen molar-refractivity contribution < 1.29 is 0 Å². The van der Waals surface area contributed by atoms with E-state index in [1.54, 1.807) is 11.1 Å².